The Morgan fingerprint density at radius 1 is 1.07 bits per heavy atom. The van der Waals surface area contributed by atoms with E-state index in [4.69, 9.17) is 9.47 Å². The average Bonchev–Trinajstić information content (AvgIpc) is 3.11. The van der Waals surface area contributed by atoms with Crippen molar-refractivity contribution in [3.05, 3.63) is 17.7 Å². The van der Waals surface area contributed by atoms with Gasteiger partial charge < -0.3 is 19.5 Å². The van der Waals surface area contributed by atoms with Crippen LogP contribution in [0.1, 0.15) is 31.7 Å². The number of aromatic hydroxyl groups is 1. The summed E-state index contributed by atoms with van der Waals surface area (Å²) in [6, 6.07) is 3.87. The summed E-state index contributed by atoms with van der Waals surface area (Å²) in [5.41, 5.74) is 0.853. The predicted octanol–water partition coefficient (Wildman–Crippen LogP) is 1.64. The normalized spacial score (nSPS) is 23.6. The van der Waals surface area contributed by atoms with Crippen LogP contribution >= 0.6 is 0 Å². The Kier molecular flexibility index (Phi) is 5.41. The van der Waals surface area contributed by atoms with Gasteiger partial charge in [0.25, 0.3) is 0 Å². The number of rotatable bonds is 4. The molecule has 0 aromatic heterocycles. The number of piperidine rings is 1. The molecule has 0 unspecified atom stereocenters. The standard InChI is InChI=1S/C20H29N3O4/c1-15-4-2-3-5-23(15)20(25)13-22-8-6-21(7-9-22)12-16-10-18-19(11-17(16)24)27-14-26-18/h10-11,15,24H,2-9,12-14H2,1H3/t15-/m0/s1. The van der Waals surface area contributed by atoms with Gasteiger partial charge in [-0.05, 0) is 32.3 Å². The van der Waals surface area contributed by atoms with Gasteiger partial charge in [-0.15, -0.1) is 0 Å². The Morgan fingerprint density at radius 2 is 1.78 bits per heavy atom. The fourth-order valence-corrected chi connectivity index (χ4v) is 4.20. The van der Waals surface area contributed by atoms with E-state index in [1.165, 1.54) is 6.42 Å². The second-order valence-electron chi connectivity index (χ2n) is 7.82. The molecule has 0 bridgehead atoms. The highest BCUT2D eigenvalue weighted by molar-refractivity contribution is 5.78. The molecule has 1 atom stereocenters. The fourth-order valence-electron chi connectivity index (χ4n) is 4.20. The number of likely N-dealkylation sites (tertiary alicyclic amines) is 1. The van der Waals surface area contributed by atoms with Gasteiger partial charge in [-0.2, -0.15) is 0 Å². The second-order valence-corrected chi connectivity index (χ2v) is 7.82. The van der Waals surface area contributed by atoms with Crippen LogP contribution in [0.2, 0.25) is 0 Å². The molecule has 1 amide bonds. The van der Waals surface area contributed by atoms with Crippen molar-refractivity contribution in [1.29, 1.82) is 0 Å². The zero-order valence-corrected chi connectivity index (χ0v) is 16.0. The van der Waals surface area contributed by atoms with E-state index < -0.39 is 0 Å². The monoisotopic (exact) mass is 375 g/mol. The van der Waals surface area contributed by atoms with Crippen molar-refractivity contribution in [2.45, 2.75) is 38.8 Å². The SMILES string of the molecule is C[C@H]1CCCCN1C(=O)CN1CCN(Cc2cc3c(cc2O)OCO3)CC1. The number of nitrogens with zero attached hydrogens (tertiary/aromatic N) is 3. The second kappa shape index (κ2) is 7.94. The number of benzene rings is 1. The summed E-state index contributed by atoms with van der Waals surface area (Å²) in [6.07, 6.45) is 3.48. The number of carbonyl (C=O) groups excluding carboxylic acids is 1. The first-order chi connectivity index (χ1) is 13.1. The Morgan fingerprint density at radius 3 is 2.52 bits per heavy atom. The van der Waals surface area contributed by atoms with Crippen molar-refractivity contribution < 1.29 is 19.4 Å². The molecule has 3 aliphatic heterocycles. The van der Waals surface area contributed by atoms with Crippen LogP contribution in [0, 0.1) is 0 Å². The topological polar surface area (TPSA) is 65.5 Å². The third-order valence-electron chi connectivity index (χ3n) is 5.91. The van der Waals surface area contributed by atoms with Crippen molar-refractivity contribution in [2.75, 3.05) is 46.1 Å². The number of piperazine rings is 1. The lowest BCUT2D eigenvalue weighted by Gasteiger charge is -2.38. The minimum Gasteiger partial charge on any atom is -0.507 e. The molecule has 0 saturated carbocycles. The van der Waals surface area contributed by atoms with Gasteiger partial charge >= 0.3 is 0 Å². The molecule has 7 nitrogen and oxygen atoms in total. The third kappa shape index (κ3) is 4.14. The molecule has 1 aromatic carbocycles. The molecule has 7 heteroatoms. The van der Waals surface area contributed by atoms with Crippen LogP contribution in [0.3, 0.4) is 0 Å². The van der Waals surface area contributed by atoms with Gasteiger partial charge in [-0.1, -0.05) is 0 Å². The van der Waals surface area contributed by atoms with Gasteiger partial charge in [0, 0.05) is 56.9 Å². The van der Waals surface area contributed by atoms with Gasteiger partial charge in [0.2, 0.25) is 12.7 Å². The van der Waals surface area contributed by atoms with E-state index in [1.807, 2.05) is 6.07 Å². The zero-order valence-electron chi connectivity index (χ0n) is 16.0. The molecular weight excluding hydrogens is 346 g/mol. The number of hydrogen-bond acceptors (Lipinski definition) is 6. The quantitative estimate of drug-likeness (QED) is 0.863. The molecule has 1 N–H and O–H groups in total. The summed E-state index contributed by atoms with van der Waals surface area (Å²) in [5.74, 6) is 1.81. The minimum atomic E-state index is 0.209. The average molecular weight is 375 g/mol. The molecule has 0 aliphatic carbocycles. The van der Waals surface area contributed by atoms with Crippen LogP contribution in [0.15, 0.2) is 12.1 Å². The maximum absolute atomic E-state index is 12.6. The van der Waals surface area contributed by atoms with Crippen LogP contribution < -0.4 is 9.47 Å². The van der Waals surface area contributed by atoms with Crippen molar-refractivity contribution in [1.82, 2.24) is 14.7 Å². The summed E-state index contributed by atoms with van der Waals surface area (Å²) in [5, 5.41) is 10.2. The molecule has 2 saturated heterocycles. The minimum absolute atomic E-state index is 0.209. The van der Waals surface area contributed by atoms with Gasteiger partial charge in [-0.3, -0.25) is 14.6 Å². The van der Waals surface area contributed by atoms with Crippen molar-refractivity contribution in [3.8, 4) is 17.2 Å². The van der Waals surface area contributed by atoms with E-state index >= 15 is 0 Å². The van der Waals surface area contributed by atoms with Crippen molar-refractivity contribution in [3.63, 3.8) is 0 Å². The molecule has 27 heavy (non-hydrogen) atoms. The number of hydrogen-bond donors (Lipinski definition) is 1. The van der Waals surface area contributed by atoms with E-state index in [9.17, 15) is 9.90 Å². The van der Waals surface area contributed by atoms with E-state index in [0.29, 0.717) is 30.6 Å². The van der Waals surface area contributed by atoms with Crippen LogP contribution in [-0.4, -0.2) is 77.8 Å². The zero-order chi connectivity index (χ0) is 18.8. The maximum atomic E-state index is 12.6. The van der Waals surface area contributed by atoms with E-state index in [2.05, 4.69) is 21.6 Å². The Hall–Kier alpha value is -1.99. The van der Waals surface area contributed by atoms with Crippen LogP contribution in [-0.2, 0) is 11.3 Å². The van der Waals surface area contributed by atoms with E-state index in [-0.39, 0.29) is 18.4 Å². The first-order valence-electron chi connectivity index (χ1n) is 9.96. The first kappa shape index (κ1) is 18.4. The Bertz CT molecular complexity index is 688. The van der Waals surface area contributed by atoms with Crippen LogP contribution in [0.4, 0.5) is 0 Å². The summed E-state index contributed by atoms with van der Waals surface area (Å²) < 4.78 is 10.7. The third-order valence-corrected chi connectivity index (χ3v) is 5.91. The number of phenols is 1. The van der Waals surface area contributed by atoms with Crippen LogP contribution in [0.25, 0.3) is 0 Å². The van der Waals surface area contributed by atoms with Gasteiger partial charge in [0.05, 0.1) is 6.54 Å². The van der Waals surface area contributed by atoms with E-state index in [1.54, 1.807) is 6.07 Å². The lowest BCUT2D eigenvalue weighted by atomic mass is 10.0. The Balaban J connectivity index is 1.27. The molecule has 148 valence electrons. The van der Waals surface area contributed by atoms with Gasteiger partial charge in [0.15, 0.2) is 11.5 Å². The van der Waals surface area contributed by atoms with Crippen LogP contribution in [0.5, 0.6) is 17.2 Å². The molecule has 0 radical (unpaired) electrons. The summed E-state index contributed by atoms with van der Waals surface area (Å²) in [4.78, 5) is 19.2. The highest BCUT2D eigenvalue weighted by Gasteiger charge is 2.27. The molecule has 2 fully saturated rings. The number of amides is 1. The first-order valence-corrected chi connectivity index (χ1v) is 9.96. The summed E-state index contributed by atoms with van der Waals surface area (Å²) in [7, 11) is 0. The summed E-state index contributed by atoms with van der Waals surface area (Å²) >= 11 is 0. The molecule has 4 rings (SSSR count). The van der Waals surface area contributed by atoms with Gasteiger partial charge in [-0.25, -0.2) is 0 Å². The fraction of sp³-hybridized carbons (Fsp3) is 0.650. The van der Waals surface area contributed by atoms with Gasteiger partial charge in [0.1, 0.15) is 5.75 Å². The molecule has 0 spiro atoms. The van der Waals surface area contributed by atoms with E-state index in [0.717, 1.165) is 51.1 Å². The highest BCUT2D eigenvalue weighted by Crippen LogP contribution is 2.38. The lowest BCUT2D eigenvalue weighted by Crippen LogP contribution is -2.51. The predicted molar refractivity (Wildman–Crippen MR) is 101 cm³/mol. The highest BCUT2D eigenvalue weighted by atomic mass is 16.7. The molecule has 3 heterocycles. The largest absolute Gasteiger partial charge is 0.507 e. The maximum Gasteiger partial charge on any atom is 0.236 e. The smallest absolute Gasteiger partial charge is 0.236 e. The molecule has 3 aliphatic rings. The number of carbonyl (C=O) groups is 1. The molecular formula is C20H29N3O4. The number of phenolic OH excluding ortho intramolecular Hbond substituents is 1. The number of ether oxygens (including phenoxy) is 2. The Labute approximate surface area is 160 Å². The molecule has 1 aromatic rings. The number of fused-ring (bicyclic) bond motifs is 1. The van der Waals surface area contributed by atoms with Crippen molar-refractivity contribution >= 4 is 5.91 Å². The van der Waals surface area contributed by atoms with Crippen molar-refractivity contribution in [2.24, 2.45) is 0 Å². The summed E-state index contributed by atoms with van der Waals surface area (Å²) in [6.45, 7) is 7.99. The lowest BCUT2D eigenvalue weighted by molar-refractivity contribution is -0.136.